The summed E-state index contributed by atoms with van der Waals surface area (Å²) in [5, 5.41) is 3.66. The molecule has 2 amide bonds. The van der Waals surface area contributed by atoms with Gasteiger partial charge in [0.25, 0.3) is 5.91 Å². The van der Waals surface area contributed by atoms with E-state index < -0.39 is 6.04 Å². The zero-order chi connectivity index (χ0) is 26.8. The van der Waals surface area contributed by atoms with Crippen LogP contribution in [-0.4, -0.2) is 35.9 Å². The summed E-state index contributed by atoms with van der Waals surface area (Å²) in [5.74, 6) is 0.270. The Balaban J connectivity index is 1.91. The van der Waals surface area contributed by atoms with E-state index in [4.69, 9.17) is 16.3 Å². The Labute approximate surface area is 225 Å². The number of hydrogen-bond donors (Lipinski definition) is 1. The number of nitrogens with zero attached hydrogens (tertiary/aromatic N) is 1. The number of aryl methyl sites for hydroxylation is 2. The molecular weight excluding hydrogens is 484 g/mol. The molecule has 0 aliphatic rings. The third-order valence-electron chi connectivity index (χ3n) is 6.48. The van der Waals surface area contributed by atoms with Gasteiger partial charge < -0.3 is 15.0 Å². The molecule has 0 saturated heterocycles. The Hall–Kier alpha value is -3.31. The van der Waals surface area contributed by atoms with E-state index in [1.807, 2.05) is 69.3 Å². The SMILES string of the molecule is CCCCNC(=O)[C@H](Cc1ccccc1)N(Cc1ccc(Cl)cc1)C(=O)COc1cc(C)cc(C)c1C. The zero-order valence-corrected chi connectivity index (χ0v) is 23.0. The Bertz CT molecular complexity index is 1180. The summed E-state index contributed by atoms with van der Waals surface area (Å²) in [4.78, 5) is 28.8. The van der Waals surface area contributed by atoms with E-state index in [2.05, 4.69) is 18.3 Å². The average molecular weight is 521 g/mol. The molecule has 0 aliphatic carbocycles. The van der Waals surface area contributed by atoms with Gasteiger partial charge in [0.1, 0.15) is 11.8 Å². The van der Waals surface area contributed by atoms with Crippen molar-refractivity contribution in [1.82, 2.24) is 10.2 Å². The Morgan fingerprint density at radius 1 is 0.973 bits per heavy atom. The molecule has 0 radical (unpaired) electrons. The van der Waals surface area contributed by atoms with E-state index in [0.29, 0.717) is 23.7 Å². The van der Waals surface area contributed by atoms with Crippen LogP contribution in [0.25, 0.3) is 0 Å². The summed E-state index contributed by atoms with van der Waals surface area (Å²) in [7, 11) is 0. The third-order valence-corrected chi connectivity index (χ3v) is 6.73. The van der Waals surface area contributed by atoms with Crippen molar-refractivity contribution >= 4 is 23.4 Å². The van der Waals surface area contributed by atoms with Crippen molar-refractivity contribution in [3.8, 4) is 5.75 Å². The average Bonchev–Trinajstić information content (AvgIpc) is 2.89. The molecule has 3 rings (SSSR count). The van der Waals surface area contributed by atoms with Gasteiger partial charge in [-0.05, 0) is 73.2 Å². The fourth-order valence-electron chi connectivity index (χ4n) is 4.22. The first-order chi connectivity index (χ1) is 17.8. The van der Waals surface area contributed by atoms with Crippen LogP contribution in [0.4, 0.5) is 0 Å². The van der Waals surface area contributed by atoms with Gasteiger partial charge in [0, 0.05) is 24.5 Å². The molecular formula is C31H37ClN2O3. The molecule has 5 nitrogen and oxygen atoms in total. The van der Waals surface area contributed by atoms with Crippen LogP contribution in [0.3, 0.4) is 0 Å². The molecule has 1 atom stereocenters. The quantitative estimate of drug-likeness (QED) is 0.289. The third kappa shape index (κ3) is 8.36. The van der Waals surface area contributed by atoms with Gasteiger partial charge in [0.15, 0.2) is 6.61 Å². The fraction of sp³-hybridized carbons (Fsp3) is 0.355. The van der Waals surface area contributed by atoms with E-state index in [0.717, 1.165) is 40.7 Å². The molecule has 0 unspecified atom stereocenters. The standard InChI is InChI=1S/C31H37ClN2O3/c1-5-6-16-33-31(36)28(19-25-10-8-7-9-11-25)34(20-26-12-14-27(32)15-13-26)30(35)21-37-29-18-22(2)17-23(3)24(29)4/h7-15,17-18,28H,5-6,16,19-21H2,1-4H3,(H,33,36)/t28-/m0/s1. The molecule has 0 aliphatic heterocycles. The Morgan fingerprint density at radius 2 is 1.68 bits per heavy atom. The van der Waals surface area contributed by atoms with Gasteiger partial charge in [0.2, 0.25) is 5.91 Å². The second kappa shape index (κ2) is 13.8. The second-order valence-corrected chi connectivity index (χ2v) is 9.93. The van der Waals surface area contributed by atoms with E-state index in [9.17, 15) is 9.59 Å². The number of nitrogens with one attached hydrogen (secondary N) is 1. The van der Waals surface area contributed by atoms with Crippen molar-refractivity contribution in [2.24, 2.45) is 0 Å². The fourth-order valence-corrected chi connectivity index (χ4v) is 4.35. The van der Waals surface area contributed by atoms with Gasteiger partial charge in [-0.2, -0.15) is 0 Å². The van der Waals surface area contributed by atoms with Gasteiger partial charge in [-0.15, -0.1) is 0 Å². The number of amides is 2. The van der Waals surface area contributed by atoms with E-state index in [1.165, 1.54) is 0 Å². The lowest BCUT2D eigenvalue weighted by atomic mass is 10.0. The molecule has 0 saturated carbocycles. The number of hydrogen-bond acceptors (Lipinski definition) is 3. The van der Waals surface area contributed by atoms with Crippen molar-refractivity contribution in [3.05, 3.63) is 99.6 Å². The minimum atomic E-state index is -0.689. The zero-order valence-electron chi connectivity index (χ0n) is 22.2. The maximum Gasteiger partial charge on any atom is 0.261 e. The minimum Gasteiger partial charge on any atom is -0.483 e. The topological polar surface area (TPSA) is 58.6 Å². The van der Waals surface area contributed by atoms with Crippen LogP contribution in [0.15, 0.2) is 66.7 Å². The van der Waals surface area contributed by atoms with Crippen LogP contribution in [0, 0.1) is 20.8 Å². The summed E-state index contributed by atoms with van der Waals surface area (Å²) < 4.78 is 6.03. The number of benzene rings is 3. The van der Waals surface area contributed by atoms with Crippen LogP contribution < -0.4 is 10.1 Å². The van der Waals surface area contributed by atoms with Crippen molar-refractivity contribution in [3.63, 3.8) is 0 Å². The molecule has 0 spiro atoms. The Morgan fingerprint density at radius 3 is 2.35 bits per heavy atom. The molecule has 0 fully saturated rings. The van der Waals surface area contributed by atoms with Gasteiger partial charge in [0.05, 0.1) is 0 Å². The molecule has 0 heterocycles. The highest BCUT2D eigenvalue weighted by Crippen LogP contribution is 2.24. The highest BCUT2D eigenvalue weighted by molar-refractivity contribution is 6.30. The number of carbonyl (C=O) groups is 2. The molecule has 3 aromatic carbocycles. The smallest absolute Gasteiger partial charge is 0.261 e. The van der Waals surface area contributed by atoms with Gasteiger partial charge >= 0.3 is 0 Å². The maximum absolute atomic E-state index is 13.7. The largest absolute Gasteiger partial charge is 0.483 e. The van der Waals surface area contributed by atoms with E-state index >= 15 is 0 Å². The molecule has 6 heteroatoms. The van der Waals surface area contributed by atoms with Gasteiger partial charge in [-0.25, -0.2) is 0 Å². The van der Waals surface area contributed by atoms with E-state index in [1.54, 1.807) is 17.0 Å². The molecule has 0 bridgehead atoms. The second-order valence-electron chi connectivity index (χ2n) is 9.49. The van der Waals surface area contributed by atoms with Crippen LogP contribution >= 0.6 is 11.6 Å². The number of ether oxygens (including phenoxy) is 1. The maximum atomic E-state index is 13.7. The molecule has 3 aromatic rings. The number of unbranched alkanes of at least 4 members (excludes halogenated alkanes) is 1. The molecule has 196 valence electrons. The highest BCUT2D eigenvalue weighted by atomic mass is 35.5. The summed E-state index contributed by atoms with van der Waals surface area (Å²) >= 11 is 6.10. The normalized spacial score (nSPS) is 11.6. The van der Waals surface area contributed by atoms with Crippen molar-refractivity contribution in [2.75, 3.05) is 13.2 Å². The molecule has 37 heavy (non-hydrogen) atoms. The summed E-state index contributed by atoms with van der Waals surface area (Å²) in [5.41, 5.74) is 5.05. The van der Waals surface area contributed by atoms with Gasteiger partial charge in [-0.3, -0.25) is 9.59 Å². The van der Waals surface area contributed by atoms with Crippen LogP contribution in [0.5, 0.6) is 5.75 Å². The first-order valence-electron chi connectivity index (χ1n) is 12.8. The first kappa shape index (κ1) is 28.3. The lowest BCUT2D eigenvalue weighted by Crippen LogP contribution is -2.51. The predicted molar refractivity (Wildman–Crippen MR) is 150 cm³/mol. The number of halogens is 1. The Kier molecular flexibility index (Phi) is 10.6. The molecule has 1 N–H and O–H groups in total. The van der Waals surface area contributed by atoms with Crippen LogP contribution in [0.2, 0.25) is 5.02 Å². The van der Waals surface area contributed by atoms with Crippen molar-refractivity contribution in [2.45, 2.75) is 59.5 Å². The lowest BCUT2D eigenvalue weighted by molar-refractivity contribution is -0.142. The first-order valence-corrected chi connectivity index (χ1v) is 13.2. The van der Waals surface area contributed by atoms with Gasteiger partial charge in [-0.1, -0.05) is 73.5 Å². The summed E-state index contributed by atoms with van der Waals surface area (Å²) in [6, 6.07) is 20.5. The van der Waals surface area contributed by atoms with E-state index in [-0.39, 0.29) is 25.0 Å². The van der Waals surface area contributed by atoms with Crippen molar-refractivity contribution < 1.29 is 14.3 Å². The highest BCUT2D eigenvalue weighted by Gasteiger charge is 2.30. The van der Waals surface area contributed by atoms with Crippen molar-refractivity contribution in [1.29, 1.82) is 0 Å². The number of carbonyl (C=O) groups excluding carboxylic acids is 2. The number of rotatable bonds is 12. The summed E-state index contributed by atoms with van der Waals surface area (Å²) in [6.07, 6.45) is 2.25. The molecule has 0 aromatic heterocycles. The predicted octanol–water partition coefficient (Wildman–Crippen LogP) is 6.20. The van der Waals surface area contributed by atoms with Crippen LogP contribution in [0.1, 0.15) is 47.6 Å². The summed E-state index contributed by atoms with van der Waals surface area (Å²) in [6.45, 7) is 8.78. The monoisotopic (exact) mass is 520 g/mol. The minimum absolute atomic E-state index is 0.162. The van der Waals surface area contributed by atoms with Crippen LogP contribution in [-0.2, 0) is 22.6 Å². The lowest BCUT2D eigenvalue weighted by Gasteiger charge is -2.31.